The van der Waals surface area contributed by atoms with Crippen molar-refractivity contribution in [1.82, 2.24) is 24.4 Å². The van der Waals surface area contributed by atoms with E-state index in [9.17, 15) is 4.79 Å². The number of hydrogen-bond donors (Lipinski definition) is 0. The van der Waals surface area contributed by atoms with Gasteiger partial charge in [-0.15, -0.1) is 12.4 Å². The zero-order valence-corrected chi connectivity index (χ0v) is 20.7. The summed E-state index contributed by atoms with van der Waals surface area (Å²) in [5, 5.41) is 0.658. The lowest BCUT2D eigenvalue weighted by atomic mass is 10.1. The lowest BCUT2D eigenvalue weighted by Crippen LogP contribution is -2.51. The van der Waals surface area contributed by atoms with Gasteiger partial charge in [-0.2, -0.15) is 0 Å². The SMILES string of the molecule is Cc1nc(N2CCN3C(=O)CCC3C2)c2nc(-c3ccccc3Cl)n(C[C@H]3CCCO3)c2n1.Cl. The van der Waals surface area contributed by atoms with Gasteiger partial charge in [-0.25, -0.2) is 15.0 Å². The number of nitrogens with zero attached hydrogens (tertiary/aromatic N) is 6. The van der Waals surface area contributed by atoms with Crippen LogP contribution in [-0.4, -0.2) is 68.7 Å². The van der Waals surface area contributed by atoms with E-state index in [2.05, 4.69) is 9.47 Å². The summed E-state index contributed by atoms with van der Waals surface area (Å²) in [4.78, 5) is 31.2. The third kappa shape index (κ3) is 4.01. The maximum Gasteiger partial charge on any atom is 0.223 e. The highest BCUT2D eigenvalue weighted by Crippen LogP contribution is 2.35. The topological polar surface area (TPSA) is 76.4 Å². The first kappa shape index (κ1) is 23.3. The number of halogens is 2. The van der Waals surface area contributed by atoms with Gasteiger partial charge in [-0.1, -0.05) is 23.7 Å². The zero-order valence-electron chi connectivity index (χ0n) is 19.1. The largest absolute Gasteiger partial charge is 0.376 e. The Hall–Kier alpha value is -2.42. The standard InChI is InChI=1S/C24H27ClN6O2.ClH/c1-15-26-23(29-10-11-30-16(13-29)8-9-20(30)32)21-24(27-15)31(14-17-5-4-12-33-17)22(28-21)18-6-2-3-7-19(18)25;/h2-3,6-7,16-17H,4-5,8-14H2,1H3;1H/t16?,17-;/m1./s1. The molecule has 3 saturated heterocycles. The molecule has 1 aromatic carbocycles. The van der Waals surface area contributed by atoms with E-state index in [1.165, 1.54) is 0 Å². The molecule has 0 radical (unpaired) electrons. The van der Waals surface area contributed by atoms with E-state index in [1.807, 2.05) is 36.1 Å². The molecule has 3 aliphatic rings. The Morgan fingerprint density at radius 3 is 2.79 bits per heavy atom. The Bertz CT molecular complexity index is 1230. The maximum atomic E-state index is 12.2. The van der Waals surface area contributed by atoms with Gasteiger partial charge in [0.1, 0.15) is 11.6 Å². The van der Waals surface area contributed by atoms with Crippen molar-refractivity contribution in [1.29, 1.82) is 0 Å². The van der Waals surface area contributed by atoms with Gasteiger partial charge in [0.2, 0.25) is 5.91 Å². The van der Waals surface area contributed by atoms with E-state index in [1.54, 1.807) is 0 Å². The summed E-state index contributed by atoms with van der Waals surface area (Å²) in [6, 6.07) is 8.04. The van der Waals surface area contributed by atoms with E-state index in [-0.39, 0.29) is 30.5 Å². The molecule has 0 spiro atoms. The number of hydrogen-bond acceptors (Lipinski definition) is 6. The van der Waals surface area contributed by atoms with Crippen molar-refractivity contribution in [2.45, 2.75) is 51.3 Å². The van der Waals surface area contributed by atoms with Crippen LogP contribution in [0.4, 0.5) is 5.82 Å². The van der Waals surface area contributed by atoms with Crippen molar-refractivity contribution in [3.8, 4) is 11.4 Å². The molecule has 3 fully saturated rings. The molecular formula is C24H28Cl2N6O2. The third-order valence-corrected chi connectivity index (χ3v) is 7.34. The number of rotatable bonds is 4. The summed E-state index contributed by atoms with van der Waals surface area (Å²) in [7, 11) is 0. The summed E-state index contributed by atoms with van der Waals surface area (Å²) in [6.07, 6.45) is 3.78. The first-order valence-corrected chi connectivity index (χ1v) is 12.1. The average Bonchev–Trinajstić information content (AvgIpc) is 3.54. The van der Waals surface area contributed by atoms with Gasteiger partial charge in [0.25, 0.3) is 0 Å². The van der Waals surface area contributed by atoms with Crippen LogP contribution in [-0.2, 0) is 16.1 Å². The van der Waals surface area contributed by atoms with Crippen molar-refractivity contribution < 1.29 is 9.53 Å². The molecule has 3 aromatic rings. The number of fused-ring (bicyclic) bond motifs is 2. The molecule has 1 amide bonds. The van der Waals surface area contributed by atoms with E-state index in [0.717, 1.165) is 73.9 Å². The highest BCUT2D eigenvalue weighted by Gasteiger charge is 2.37. The molecule has 10 heteroatoms. The molecule has 3 aliphatic heterocycles. The zero-order chi connectivity index (χ0) is 22.5. The van der Waals surface area contributed by atoms with E-state index in [4.69, 9.17) is 31.3 Å². The molecule has 0 bridgehead atoms. The number of carbonyl (C=O) groups is 1. The van der Waals surface area contributed by atoms with Crippen molar-refractivity contribution >= 4 is 46.9 Å². The number of benzene rings is 1. The van der Waals surface area contributed by atoms with E-state index >= 15 is 0 Å². The van der Waals surface area contributed by atoms with Crippen LogP contribution < -0.4 is 4.90 Å². The van der Waals surface area contributed by atoms with Crippen molar-refractivity contribution in [2.24, 2.45) is 0 Å². The number of carbonyl (C=O) groups excluding carboxylic acids is 1. The fraction of sp³-hybridized carbons (Fsp3) is 0.500. The lowest BCUT2D eigenvalue weighted by molar-refractivity contribution is -0.129. The third-order valence-electron chi connectivity index (χ3n) is 7.01. The Kier molecular flexibility index (Phi) is 6.39. The Labute approximate surface area is 209 Å². The van der Waals surface area contributed by atoms with E-state index < -0.39 is 0 Å². The molecule has 0 aliphatic carbocycles. The second-order valence-electron chi connectivity index (χ2n) is 9.15. The fourth-order valence-corrected chi connectivity index (χ4v) is 5.60. The molecule has 180 valence electrons. The molecule has 34 heavy (non-hydrogen) atoms. The van der Waals surface area contributed by atoms with Gasteiger partial charge in [-0.05, 0) is 38.3 Å². The second-order valence-corrected chi connectivity index (χ2v) is 9.56. The van der Waals surface area contributed by atoms with Crippen LogP contribution in [0.2, 0.25) is 5.02 Å². The molecule has 1 unspecified atom stereocenters. The number of anilines is 1. The van der Waals surface area contributed by atoms with Crippen molar-refractivity contribution in [2.75, 3.05) is 31.1 Å². The Morgan fingerprint density at radius 2 is 2.00 bits per heavy atom. The van der Waals surface area contributed by atoms with Gasteiger partial charge in [0.05, 0.1) is 17.7 Å². The number of aryl methyl sites for hydroxylation is 1. The minimum atomic E-state index is 0. The monoisotopic (exact) mass is 502 g/mol. The van der Waals surface area contributed by atoms with Crippen LogP contribution in [0.25, 0.3) is 22.6 Å². The van der Waals surface area contributed by atoms with Crippen LogP contribution in [0.1, 0.15) is 31.5 Å². The van der Waals surface area contributed by atoms with Crippen LogP contribution in [0.15, 0.2) is 24.3 Å². The second kappa shape index (κ2) is 9.32. The molecule has 6 rings (SSSR count). The van der Waals surface area contributed by atoms with Gasteiger partial charge < -0.3 is 19.1 Å². The predicted molar refractivity (Wildman–Crippen MR) is 134 cm³/mol. The summed E-state index contributed by atoms with van der Waals surface area (Å²) >= 11 is 6.60. The van der Waals surface area contributed by atoms with Gasteiger partial charge >= 0.3 is 0 Å². The first-order valence-electron chi connectivity index (χ1n) is 11.7. The van der Waals surface area contributed by atoms with Crippen molar-refractivity contribution in [3.05, 3.63) is 35.1 Å². The average molecular weight is 503 g/mol. The molecule has 0 N–H and O–H groups in total. The first-order chi connectivity index (χ1) is 16.1. The minimum absolute atomic E-state index is 0. The smallest absolute Gasteiger partial charge is 0.223 e. The fourth-order valence-electron chi connectivity index (χ4n) is 5.38. The molecule has 0 saturated carbocycles. The summed E-state index contributed by atoms with van der Waals surface area (Å²) in [5.74, 6) is 2.62. The number of aromatic nitrogens is 4. The number of imidazole rings is 1. The molecule has 2 atom stereocenters. The number of ether oxygens (including phenoxy) is 1. The maximum absolute atomic E-state index is 12.2. The quantitative estimate of drug-likeness (QED) is 0.538. The van der Waals surface area contributed by atoms with E-state index in [0.29, 0.717) is 23.8 Å². The van der Waals surface area contributed by atoms with Crippen LogP contribution in [0.5, 0.6) is 0 Å². The molecular weight excluding hydrogens is 475 g/mol. The van der Waals surface area contributed by atoms with Crippen LogP contribution in [0.3, 0.4) is 0 Å². The highest BCUT2D eigenvalue weighted by molar-refractivity contribution is 6.33. The molecule has 5 heterocycles. The van der Waals surface area contributed by atoms with Gasteiger partial charge in [0, 0.05) is 44.3 Å². The Morgan fingerprint density at radius 1 is 1.15 bits per heavy atom. The summed E-state index contributed by atoms with van der Waals surface area (Å²) < 4.78 is 8.11. The van der Waals surface area contributed by atoms with Crippen molar-refractivity contribution in [3.63, 3.8) is 0 Å². The summed E-state index contributed by atoms with van der Waals surface area (Å²) in [6.45, 7) is 5.64. The highest BCUT2D eigenvalue weighted by atomic mass is 35.5. The number of amides is 1. The predicted octanol–water partition coefficient (Wildman–Crippen LogP) is 3.87. The number of piperazine rings is 1. The van der Waals surface area contributed by atoms with Crippen LogP contribution in [0, 0.1) is 6.92 Å². The van der Waals surface area contributed by atoms with Gasteiger partial charge in [0.15, 0.2) is 17.0 Å². The minimum Gasteiger partial charge on any atom is -0.376 e. The normalized spacial score (nSPS) is 22.4. The summed E-state index contributed by atoms with van der Waals surface area (Å²) in [5.41, 5.74) is 2.48. The lowest BCUT2D eigenvalue weighted by Gasteiger charge is -2.38. The molecule has 8 nitrogen and oxygen atoms in total. The Balaban J connectivity index is 0.00000241. The van der Waals surface area contributed by atoms with Gasteiger partial charge in [-0.3, -0.25) is 4.79 Å². The molecule has 2 aromatic heterocycles. The van der Waals surface area contributed by atoms with Crippen LogP contribution >= 0.6 is 24.0 Å².